The van der Waals surface area contributed by atoms with Crippen LogP contribution in [0.3, 0.4) is 0 Å². The van der Waals surface area contributed by atoms with Gasteiger partial charge in [0.1, 0.15) is 5.52 Å². The van der Waals surface area contributed by atoms with Crippen molar-refractivity contribution in [1.82, 2.24) is 19.6 Å². The Labute approximate surface area is 109 Å². The lowest BCUT2D eigenvalue weighted by molar-refractivity contribution is 0.914. The lowest BCUT2D eigenvalue weighted by Gasteiger charge is -2.05. The molecule has 5 nitrogen and oxygen atoms in total. The molecule has 3 heterocycles. The first kappa shape index (κ1) is 11.2. The minimum Gasteiger partial charge on any atom is -0.368 e. The molecular weight excluding hydrogens is 246 g/mol. The van der Waals surface area contributed by atoms with Gasteiger partial charge in [0.15, 0.2) is 5.82 Å². The molecule has 0 amide bonds. The van der Waals surface area contributed by atoms with Crippen LogP contribution in [0.1, 0.15) is 11.4 Å². The molecule has 0 radical (unpaired) electrons. The van der Waals surface area contributed by atoms with Crippen molar-refractivity contribution in [3.63, 3.8) is 0 Å². The minimum absolute atomic E-state index is 0.820. The van der Waals surface area contributed by atoms with Crippen molar-refractivity contribution in [3.8, 4) is 0 Å². The van der Waals surface area contributed by atoms with Crippen molar-refractivity contribution in [2.75, 3.05) is 11.9 Å². The molecule has 0 aliphatic rings. The Bertz CT molecular complexity index is 644. The van der Waals surface area contributed by atoms with Crippen LogP contribution in [0.15, 0.2) is 29.4 Å². The van der Waals surface area contributed by atoms with Crippen LogP contribution in [-0.4, -0.2) is 26.1 Å². The summed E-state index contributed by atoms with van der Waals surface area (Å²) in [6, 6.07) is 2.03. The summed E-state index contributed by atoms with van der Waals surface area (Å²) in [5.74, 6) is 0.869. The fraction of sp³-hybridized carbons (Fsp3) is 0.250. The van der Waals surface area contributed by atoms with E-state index in [4.69, 9.17) is 0 Å². The molecule has 0 atom stereocenters. The lowest BCUT2D eigenvalue weighted by Crippen LogP contribution is -2.07. The van der Waals surface area contributed by atoms with E-state index in [0.29, 0.717) is 0 Å². The molecule has 0 saturated heterocycles. The number of aromatic nitrogens is 4. The maximum absolute atomic E-state index is 4.36. The molecule has 0 saturated carbocycles. The van der Waals surface area contributed by atoms with Crippen LogP contribution in [0.25, 0.3) is 5.52 Å². The van der Waals surface area contributed by atoms with Gasteiger partial charge in [-0.2, -0.15) is 5.10 Å². The quantitative estimate of drug-likeness (QED) is 0.780. The molecular formula is C12H13N5S. The predicted octanol–water partition coefficient (Wildman–Crippen LogP) is 2.15. The number of aryl methyl sites for hydroxylation is 1. The highest BCUT2D eigenvalue weighted by molar-refractivity contribution is 7.07. The third-order valence-electron chi connectivity index (χ3n) is 2.67. The second kappa shape index (κ2) is 4.73. The fourth-order valence-electron chi connectivity index (χ4n) is 1.85. The summed E-state index contributed by atoms with van der Waals surface area (Å²) in [4.78, 5) is 8.60. The largest absolute Gasteiger partial charge is 0.368 e. The molecule has 0 aliphatic heterocycles. The zero-order valence-electron chi connectivity index (χ0n) is 10.00. The predicted molar refractivity (Wildman–Crippen MR) is 72.0 cm³/mol. The maximum Gasteiger partial charge on any atom is 0.152 e. The van der Waals surface area contributed by atoms with Gasteiger partial charge in [-0.25, -0.2) is 14.5 Å². The van der Waals surface area contributed by atoms with E-state index in [1.807, 2.05) is 29.2 Å². The Morgan fingerprint density at radius 3 is 3.17 bits per heavy atom. The monoisotopic (exact) mass is 259 g/mol. The smallest absolute Gasteiger partial charge is 0.152 e. The molecule has 0 bridgehead atoms. The van der Waals surface area contributed by atoms with Crippen LogP contribution in [0.4, 0.5) is 5.82 Å². The molecule has 0 fully saturated rings. The topological polar surface area (TPSA) is 55.1 Å². The van der Waals surface area contributed by atoms with Gasteiger partial charge in [-0.1, -0.05) is 0 Å². The van der Waals surface area contributed by atoms with E-state index in [1.165, 1.54) is 0 Å². The van der Waals surface area contributed by atoms with E-state index in [9.17, 15) is 0 Å². The lowest BCUT2D eigenvalue weighted by atomic mass is 10.3. The van der Waals surface area contributed by atoms with E-state index in [0.717, 1.165) is 35.7 Å². The molecule has 3 rings (SSSR count). The summed E-state index contributed by atoms with van der Waals surface area (Å²) in [7, 11) is 0. The average Bonchev–Trinajstić information content (AvgIpc) is 2.97. The highest BCUT2D eigenvalue weighted by atomic mass is 32.1. The minimum atomic E-state index is 0.820. The summed E-state index contributed by atoms with van der Waals surface area (Å²) in [5.41, 5.74) is 4.97. The van der Waals surface area contributed by atoms with Gasteiger partial charge >= 0.3 is 0 Å². The number of rotatable bonds is 4. The zero-order chi connectivity index (χ0) is 12.4. The normalized spacial score (nSPS) is 10.9. The van der Waals surface area contributed by atoms with Gasteiger partial charge in [0.05, 0.1) is 16.9 Å². The van der Waals surface area contributed by atoms with Gasteiger partial charge in [0.2, 0.25) is 0 Å². The molecule has 6 heteroatoms. The summed E-state index contributed by atoms with van der Waals surface area (Å²) in [6.45, 7) is 2.80. The number of anilines is 1. The summed E-state index contributed by atoms with van der Waals surface area (Å²) in [5, 5.41) is 9.76. The Hall–Kier alpha value is -1.95. The first-order chi connectivity index (χ1) is 8.83. The van der Waals surface area contributed by atoms with Crippen molar-refractivity contribution in [1.29, 1.82) is 0 Å². The maximum atomic E-state index is 4.36. The van der Waals surface area contributed by atoms with E-state index >= 15 is 0 Å². The second-order valence-electron chi connectivity index (χ2n) is 4.05. The fourth-order valence-corrected chi connectivity index (χ4v) is 2.44. The molecule has 92 valence electrons. The van der Waals surface area contributed by atoms with Gasteiger partial charge in [-0.05, 0) is 13.0 Å². The van der Waals surface area contributed by atoms with Crippen LogP contribution in [0, 0.1) is 6.92 Å². The van der Waals surface area contributed by atoms with Crippen LogP contribution in [0.5, 0.6) is 0 Å². The number of nitrogens with one attached hydrogen (secondary N) is 1. The highest BCUT2D eigenvalue weighted by Gasteiger charge is 2.04. The van der Waals surface area contributed by atoms with Crippen molar-refractivity contribution < 1.29 is 0 Å². The van der Waals surface area contributed by atoms with Gasteiger partial charge in [0, 0.05) is 30.7 Å². The van der Waals surface area contributed by atoms with Crippen molar-refractivity contribution in [2.24, 2.45) is 0 Å². The van der Waals surface area contributed by atoms with E-state index in [2.05, 4.69) is 25.8 Å². The van der Waals surface area contributed by atoms with Crippen LogP contribution in [0.2, 0.25) is 0 Å². The Morgan fingerprint density at radius 2 is 2.33 bits per heavy atom. The molecule has 0 unspecified atom stereocenters. The zero-order valence-corrected chi connectivity index (χ0v) is 10.8. The van der Waals surface area contributed by atoms with Gasteiger partial charge in [-0.3, -0.25) is 0 Å². The van der Waals surface area contributed by atoms with E-state index in [-0.39, 0.29) is 0 Å². The molecule has 0 aromatic carbocycles. The SMILES string of the molecule is Cc1cc2c(NCCc3cscn3)nccn2n1. The van der Waals surface area contributed by atoms with Gasteiger partial charge < -0.3 is 5.32 Å². The third kappa shape index (κ3) is 2.19. The van der Waals surface area contributed by atoms with E-state index in [1.54, 1.807) is 17.5 Å². The van der Waals surface area contributed by atoms with Crippen LogP contribution < -0.4 is 5.32 Å². The molecule has 1 N–H and O–H groups in total. The Balaban J connectivity index is 1.74. The highest BCUT2D eigenvalue weighted by Crippen LogP contribution is 2.14. The summed E-state index contributed by atoms with van der Waals surface area (Å²) < 4.78 is 1.84. The van der Waals surface area contributed by atoms with Crippen LogP contribution >= 0.6 is 11.3 Å². The Morgan fingerprint density at radius 1 is 1.39 bits per heavy atom. The van der Waals surface area contributed by atoms with E-state index < -0.39 is 0 Å². The van der Waals surface area contributed by atoms with Crippen molar-refractivity contribution in [3.05, 3.63) is 40.7 Å². The van der Waals surface area contributed by atoms with Crippen molar-refractivity contribution >= 4 is 22.7 Å². The second-order valence-corrected chi connectivity index (χ2v) is 4.77. The summed E-state index contributed by atoms with van der Waals surface area (Å²) >= 11 is 1.62. The van der Waals surface area contributed by atoms with Crippen LogP contribution in [-0.2, 0) is 6.42 Å². The molecule has 3 aromatic rings. The number of fused-ring (bicyclic) bond motifs is 1. The first-order valence-corrected chi connectivity index (χ1v) is 6.69. The number of thiazole rings is 1. The molecule has 0 spiro atoms. The summed E-state index contributed by atoms with van der Waals surface area (Å²) in [6.07, 6.45) is 4.51. The first-order valence-electron chi connectivity index (χ1n) is 5.75. The Kier molecular flexibility index (Phi) is 2.93. The number of hydrogen-bond donors (Lipinski definition) is 1. The average molecular weight is 259 g/mol. The van der Waals surface area contributed by atoms with Gasteiger partial charge in [0.25, 0.3) is 0 Å². The molecule has 3 aromatic heterocycles. The molecule has 18 heavy (non-hydrogen) atoms. The third-order valence-corrected chi connectivity index (χ3v) is 3.30. The number of hydrogen-bond acceptors (Lipinski definition) is 5. The number of nitrogens with zero attached hydrogens (tertiary/aromatic N) is 4. The standard InChI is InChI=1S/C12H13N5S/c1-9-6-11-12(14-4-5-17(11)16-9)13-3-2-10-7-18-8-15-10/h4-8H,2-3H2,1H3,(H,13,14). The van der Waals surface area contributed by atoms with Crippen molar-refractivity contribution in [2.45, 2.75) is 13.3 Å². The molecule has 0 aliphatic carbocycles. The van der Waals surface area contributed by atoms with Gasteiger partial charge in [-0.15, -0.1) is 11.3 Å².